The molecule has 2 nitrogen and oxygen atoms in total. The third kappa shape index (κ3) is 2.80. The Kier molecular flexibility index (Phi) is 4.19. The first kappa shape index (κ1) is 14.8. The molecule has 21 heavy (non-hydrogen) atoms. The number of methoxy groups -OCH3 is 1. The van der Waals surface area contributed by atoms with Gasteiger partial charge in [-0.15, -0.1) is 11.3 Å². The van der Waals surface area contributed by atoms with Crippen LogP contribution in [-0.2, 0) is 12.2 Å². The molecule has 2 aromatic rings. The van der Waals surface area contributed by atoms with Crippen LogP contribution in [0.3, 0.4) is 0 Å². The van der Waals surface area contributed by atoms with Crippen molar-refractivity contribution in [3.8, 4) is 5.75 Å². The largest absolute Gasteiger partial charge is 0.497 e. The molecule has 112 valence electrons. The number of rotatable bonds is 3. The van der Waals surface area contributed by atoms with Gasteiger partial charge in [0.25, 0.3) is 0 Å². The van der Waals surface area contributed by atoms with E-state index in [1.165, 1.54) is 29.7 Å². The monoisotopic (exact) mass is 327 g/mol. The summed E-state index contributed by atoms with van der Waals surface area (Å²) >= 11 is 3.43. The van der Waals surface area contributed by atoms with Crippen LogP contribution in [0.4, 0.5) is 8.78 Å². The van der Waals surface area contributed by atoms with Crippen LogP contribution in [0.25, 0.3) is 0 Å². The topological polar surface area (TPSA) is 35.2 Å². The second-order valence-electron chi connectivity index (χ2n) is 4.88. The molecule has 1 aromatic heterocycles. The quantitative estimate of drug-likeness (QED) is 0.929. The van der Waals surface area contributed by atoms with Crippen molar-refractivity contribution in [2.24, 2.45) is 5.73 Å². The predicted octanol–water partition coefficient (Wildman–Crippen LogP) is 3.87. The normalized spacial score (nSPS) is 15.6. The molecule has 1 aliphatic rings. The number of halogens is 2. The Labute approximate surface area is 130 Å². The zero-order valence-electron chi connectivity index (χ0n) is 11.5. The fourth-order valence-electron chi connectivity index (χ4n) is 2.44. The summed E-state index contributed by atoms with van der Waals surface area (Å²) in [5, 5.41) is 0. The molecule has 1 atom stereocenters. The molecule has 0 aliphatic carbocycles. The van der Waals surface area contributed by atoms with Gasteiger partial charge in [-0.3, -0.25) is 0 Å². The fraction of sp³-hybridized carbons (Fsp3) is 0.333. The lowest BCUT2D eigenvalue weighted by molar-refractivity contribution is 0.404. The van der Waals surface area contributed by atoms with Crippen molar-refractivity contribution >= 4 is 23.1 Å². The third-order valence-corrected chi connectivity index (χ3v) is 5.88. The van der Waals surface area contributed by atoms with Gasteiger partial charge in [0, 0.05) is 33.2 Å². The predicted molar refractivity (Wildman–Crippen MR) is 83.1 cm³/mol. The van der Waals surface area contributed by atoms with Gasteiger partial charge in [0.05, 0.1) is 13.2 Å². The molecule has 6 heteroatoms. The van der Waals surface area contributed by atoms with E-state index in [2.05, 4.69) is 0 Å². The van der Waals surface area contributed by atoms with Crippen molar-refractivity contribution in [2.45, 2.75) is 18.2 Å². The fourth-order valence-corrected chi connectivity index (χ4v) is 4.83. The standard InChI is InChI=1S/C15H15F2NOS2/c1-19-9-5-10(16)14(11(17)6-9)15(18)13-4-8-7-20-3-2-12(8)21-13/h4-6,15H,2-3,7,18H2,1H3. The molecule has 1 unspecified atom stereocenters. The minimum Gasteiger partial charge on any atom is -0.497 e. The minimum absolute atomic E-state index is 0.0953. The SMILES string of the molecule is COc1cc(F)c(C(N)c2cc3c(s2)CCSC3)c(F)c1. The van der Waals surface area contributed by atoms with Gasteiger partial charge >= 0.3 is 0 Å². The lowest BCUT2D eigenvalue weighted by atomic mass is 10.0. The second-order valence-corrected chi connectivity index (χ2v) is 7.16. The number of hydrogen-bond donors (Lipinski definition) is 1. The van der Waals surface area contributed by atoms with Gasteiger partial charge in [0.15, 0.2) is 0 Å². The van der Waals surface area contributed by atoms with E-state index in [1.54, 1.807) is 11.3 Å². The molecule has 0 radical (unpaired) electrons. The van der Waals surface area contributed by atoms with Gasteiger partial charge in [-0.25, -0.2) is 8.78 Å². The molecule has 0 fully saturated rings. The number of aryl methyl sites for hydroxylation is 1. The highest BCUT2D eigenvalue weighted by atomic mass is 32.2. The van der Waals surface area contributed by atoms with Gasteiger partial charge in [-0.05, 0) is 23.8 Å². The number of benzene rings is 1. The first-order valence-corrected chi connectivity index (χ1v) is 8.55. The number of thioether (sulfide) groups is 1. The summed E-state index contributed by atoms with van der Waals surface area (Å²) in [4.78, 5) is 2.10. The van der Waals surface area contributed by atoms with Crippen LogP contribution in [0.15, 0.2) is 18.2 Å². The lowest BCUT2D eigenvalue weighted by Crippen LogP contribution is -2.14. The number of nitrogens with two attached hydrogens (primary N) is 1. The van der Waals surface area contributed by atoms with Crippen LogP contribution in [-0.4, -0.2) is 12.9 Å². The molecule has 1 aromatic carbocycles. The van der Waals surface area contributed by atoms with Crippen LogP contribution >= 0.6 is 23.1 Å². The van der Waals surface area contributed by atoms with E-state index >= 15 is 0 Å². The summed E-state index contributed by atoms with van der Waals surface area (Å²) in [5.74, 6) is 0.863. The molecular weight excluding hydrogens is 312 g/mol. The van der Waals surface area contributed by atoms with E-state index in [4.69, 9.17) is 10.5 Å². The first-order chi connectivity index (χ1) is 10.1. The maximum Gasteiger partial charge on any atom is 0.134 e. The van der Waals surface area contributed by atoms with Crippen molar-refractivity contribution in [1.29, 1.82) is 0 Å². The van der Waals surface area contributed by atoms with Crippen LogP contribution in [0.5, 0.6) is 5.75 Å². The zero-order chi connectivity index (χ0) is 15.0. The van der Waals surface area contributed by atoms with Crippen LogP contribution in [0.1, 0.15) is 26.9 Å². The van der Waals surface area contributed by atoms with Crippen molar-refractivity contribution in [3.05, 3.63) is 50.7 Å². The zero-order valence-corrected chi connectivity index (χ0v) is 13.1. The van der Waals surface area contributed by atoms with Crippen molar-refractivity contribution in [2.75, 3.05) is 12.9 Å². The summed E-state index contributed by atoms with van der Waals surface area (Å²) < 4.78 is 33.1. The van der Waals surface area contributed by atoms with Crippen LogP contribution in [0, 0.1) is 11.6 Å². The lowest BCUT2D eigenvalue weighted by Gasteiger charge is -2.13. The molecule has 3 rings (SSSR count). The van der Waals surface area contributed by atoms with Crippen molar-refractivity contribution < 1.29 is 13.5 Å². The Morgan fingerprint density at radius 1 is 1.24 bits per heavy atom. The Bertz CT molecular complexity index is 625. The number of hydrogen-bond acceptors (Lipinski definition) is 4. The van der Waals surface area contributed by atoms with E-state index in [-0.39, 0.29) is 11.3 Å². The molecule has 0 saturated heterocycles. The minimum atomic E-state index is -0.781. The van der Waals surface area contributed by atoms with Crippen LogP contribution < -0.4 is 10.5 Å². The summed E-state index contributed by atoms with van der Waals surface area (Å²) in [7, 11) is 1.37. The van der Waals surface area contributed by atoms with Gasteiger partial charge in [0.2, 0.25) is 0 Å². The number of fused-ring (bicyclic) bond motifs is 1. The summed E-state index contributed by atoms with van der Waals surface area (Å²) in [6.45, 7) is 0. The Balaban J connectivity index is 1.98. The first-order valence-electron chi connectivity index (χ1n) is 6.58. The van der Waals surface area contributed by atoms with E-state index in [1.807, 2.05) is 17.8 Å². The highest BCUT2D eigenvalue weighted by Gasteiger charge is 2.23. The molecule has 0 saturated carbocycles. The van der Waals surface area contributed by atoms with E-state index < -0.39 is 17.7 Å². The summed E-state index contributed by atoms with van der Waals surface area (Å²) in [5.41, 5.74) is 7.26. The van der Waals surface area contributed by atoms with E-state index in [9.17, 15) is 8.78 Å². The Morgan fingerprint density at radius 2 is 1.95 bits per heavy atom. The molecule has 0 bridgehead atoms. The van der Waals surface area contributed by atoms with Gasteiger partial charge in [-0.1, -0.05) is 0 Å². The van der Waals surface area contributed by atoms with E-state index in [0.717, 1.165) is 22.8 Å². The average molecular weight is 327 g/mol. The molecule has 2 heterocycles. The number of thiophene rings is 1. The highest BCUT2D eigenvalue weighted by Crippen LogP contribution is 2.37. The van der Waals surface area contributed by atoms with Gasteiger partial charge in [-0.2, -0.15) is 11.8 Å². The van der Waals surface area contributed by atoms with E-state index in [0.29, 0.717) is 0 Å². The third-order valence-electron chi connectivity index (χ3n) is 3.55. The van der Waals surface area contributed by atoms with Crippen LogP contribution in [0.2, 0.25) is 0 Å². The van der Waals surface area contributed by atoms with Crippen molar-refractivity contribution in [3.63, 3.8) is 0 Å². The van der Waals surface area contributed by atoms with Gasteiger partial charge < -0.3 is 10.5 Å². The molecule has 0 spiro atoms. The average Bonchev–Trinajstić information content (AvgIpc) is 2.90. The maximum atomic E-state index is 14.1. The molecular formula is C15H15F2NOS2. The molecule has 1 aliphatic heterocycles. The number of ether oxygens (including phenoxy) is 1. The van der Waals surface area contributed by atoms with Gasteiger partial charge in [0.1, 0.15) is 17.4 Å². The molecule has 0 amide bonds. The Morgan fingerprint density at radius 3 is 2.57 bits per heavy atom. The summed E-state index contributed by atoms with van der Waals surface area (Å²) in [6, 6.07) is 3.54. The molecule has 2 N–H and O–H groups in total. The Hall–Kier alpha value is -1.11. The van der Waals surface area contributed by atoms with Crippen molar-refractivity contribution in [1.82, 2.24) is 0 Å². The second kappa shape index (κ2) is 5.94. The summed E-state index contributed by atoms with van der Waals surface area (Å²) in [6.07, 6.45) is 1.00. The maximum absolute atomic E-state index is 14.1. The highest BCUT2D eigenvalue weighted by molar-refractivity contribution is 7.98. The smallest absolute Gasteiger partial charge is 0.134 e.